The van der Waals surface area contributed by atoms with Gasteiger partial charge in [0.2, 0.25) is 11.8 Å². The van der Waals surface area contributed by atoms with Crippen molar-refractivity contribution in [3.05, 3.63) is 0 Å². The molecule has 46 heavy (non-hydrogen) atoms. The molecule has 11 nitrogen and oxygen atoms in total. The summed E-state index contributed by atoms with van der Waals surface area (Å²) < 4.78 is 25.6. The van der Waals surface area contributed by atoms with E-state index in [-0.39, 0.29) is 41.7 Å². The molecule has 4 N–H and O–H groups in total. The summed E-state index contributed by atoms with van der Waals surface area (Å²) in [5.41, 5.74) is -1.60. The highest BCUT2D eigenvalue weighted by Gasteiger charge is 2.58. The highest BCUT2D eigenvalue weighted by molar-refractivity contribution is 7.92. The Hall–Kier alpha value is -2.21. The molecule has 4 amide bonds. The Bertz CT molecular complexity index is 1250. The van der Waals surface area contributed by atoms with Crippen LogP contribution in [0, 0.1) is 17.3 Å². The van der Waals surface area contributed by atoms with Gasteiger partial charge in [-0.15, -0.1) is 0 Å². The lowest BCUT2D eigenvalue weighted by atomic mass is 9.83. The van der Waals surface area contributed by atoms with Crippen LogP contribution < -0.4 is 21.3 Å². The zero-order valence-corrected chi connectivity index (χ0v) is 30.0. The fraction of sp³-hybridized carbons (Fsp3) is 0.882. The third kappa shape index (κ3) is 9.02. The standard InChI is InChI=1S/C34H59N5O6S/c1-8-9-13-25(26(40)19-35-23-14-15-23)36-29(41)27-24-18-22(24)20-39(27)30(42)28(32(2,3)4)37-31(43)38-34(16-11-10-12-17-34)21-46(44,45)33(5,6)7/h22-25,27-28,35H,8-21H2,1-7H3,(H,36,41)(H2,37,38,43). The second-order valence-electron chi connectivity index (χ2n) is 16.5. The molecule has 1 saturated heterocycles. The number of hydrogen-bond donors (Lipinski definition) is 4. The first-order valence-corrected chi connectivity index (χ1v) is 19.2. The van der Waals surface area contributed by atoms with E-state index in [0.717, 1.165) is 51.4 Å². The number of fused-ring (bicyclic) bond motifs is 1. The summed E-state index contributed by atoms with van der Waals surface area (Å²) in [7, 11) is -3.52. The molecule has 1 heterocycles. The Kier molecular flexibility index (Phi) is 11.2. The number of amides is 4. The van der Waals surface area contributed by atoms with Crippen molar-refractivity contribution in [2.24, 2.45) is 17.3 Å². The van der Waals surface area contributed by atoms with Crippen molar-refractivity contribution < 1.29 is 27.6 Å². The van der Waals surface area contributed by atoms with Gasteiger partial charge >= 0.3 is 6.03 Å². The van der Waals surface area contributed by atoms with Crippen LogP contribution in [0.3, 0.4) is 0 Å². The van der Waals surface area contributed by atoms with Crippen LogP contribution in [-0.4, -0.2) is 90.2 Å². The number of unbranched alkanes of at least 4 members (excludes halogenated alkanes) is 1. The van der Waals surface area contributed by atoms with Crippen LogP contribution in [0.4, 0.5) is 4.79 Å². The second-order valence-corrected chi connectivity index (χ2v) is 19.3. The number of likely N-dealkylation sites (tertiary alicyclic amines) is 1. The van der Waals surface area contributed by atoms with Crippen molar-refractivity contribution in [3.8, 4) is 0 Å². The van der Waals surface area contributed by atoms with E-state index in [9.17, 15) is 27.6 Å². The normalized spacial score (nSPS) is 25.6. The van der Waals surface area contributed by atoms with Gasteiger partial charge in [-0.2, -0.15) is 0 Å². The Morgan fingerprint density at radius 3 is 2.17 bits per heavy atom. The van der Waals surface area contributed by atoms with Gasteiger partial charge in [0.05, 0.1) is 28.6 Å². The van der Waals surface area contributed by atoms with Crippen molar-refractivity contribution in [1.82, 2.24) is 26.2 Å². The molecular formula is C34H59N5O6S. The highest BCUT2D eigenvalue weighted by Crippen LogP contribution is 2.50. The van der Waals surface area contributed by atoms with Gasteiger partial charge in [-0.3, -0.25) is 14.4 Å². The molecule has 3 saturated carbocycles. The molecule has 0 spiro atoms. The van der Waals surface area contributed by atoms with E-state index in [4.69, 9.17) is 0 Å². The minimum absolute atomic E-state index is 0.0343. The molecule has 262 valence electrons. The Morgan fingerprint density at radius 2 is 1.61 bits per heavy atom. The lowest BCUT2D eigenvalue weighted by Gasteiger charge is -2.41. The third-order valence-electron chi connectivity index (χ3n) is 10.4. The topological polar surface area (TPSA) is 154 Å². The number of carbonyl (C=O) groups is 4. The predicted octanol–water partition coefficient (Wildman–Crippen LogP) is 3.46. The summed E-state index contributed by atoms with van der Waals surface area (Å²) in [6.07, 6.45) is 8.97. The van der Waals surface area contributed by atoms with E-state index in [0.29, 0.717) is 31.8 Å². The van der Waals surface area contributed by atoms with Crippen molar-refractivity contribution in [2.45, 2.75) is 154 Å². The van der Waals surface area contributed by atoms with E-state index in [1.165, 1.54) is 0 Å². The molecule has 0 aromatic rings. The molecule has 5 atom stereocenters. The third-order valence-corrected chi connectivity index (χ3v) is 13.2. The maximum atomic E-state index is 14.2. The van der Waals surface area contributed by atoms with Crippen molar-refractivity contribution in [2.75, 3.05) is 18.8 Å². The second kappa shape index (κ2) is 14.1. The molecule has 5 unspecified atom stereocenters. The van der Waals surface area contributed by atoms with Gasteiger partial charge in [0.1, 0.15) is 12.1 Å². The molecule has 4 aliphatic rings. The van der Waals surface area contributed by atoms with Crippen molar-refractivity contribution >= 4 is 33.5 Å². The average Bonchev–Trinajstić information content (AvgIpc) is 3.89. The smallest absolute Gasteiger partial charge is 0.315 e. The highest BCUT2D eigenvalue weighted by atomic mass is 32.2. The molecule has 0 aromatic heterocycles. The molecule has 1 aliphatic heterocycles. The number of hydrogen-bond acceptors (Lipinski definition) is 7. The number of sulfone groups is 1. The zero-order chi connectivity index (χ0) is 34.1. The van der Waals surface area contributed by atoms with Gasteiger partial charge in [-0.25, -0.2) is 13.2 Å². The molecular weight excluding hydrogens is 606 g/mol. The van der Waals surface area contributed by atoms with Crippen LogP contribution in [0.25, 0.3) is 0 Å². The molecule has 12 heteroatoms. The number of piperidine rings is 1. The Balaban J connectivity index is 1.47. The van der Waals surface area contributed by atoms with Gasteiger partial charge in [-0.05, 0) is 76.5 Å². The summed E-state index contributed by atoms with van der Waals surface area (Å²) in [6, 6.07) is -2.43. The number of nitrogens with zero attached hydrogens (tertiary/aromatic N) is 1. The molecule has 4 fully saturated rings. The number of carbonyl (C=O) groups excluding carboxylic acids is 4. The Morgan fingerprint density at radius 1 is 0.957 bits per heavy atom. The van der Waals surface area contributed by atoms with Gasteiger partial charge in [0.15, 0.2) is 15.6 Å². The summed E-state index contributed by atoms with van der Waals surface area (Å²) in [4.78, 5) is 56.4. The first-order chi connectivity index (χ1) is 21.4. The van der Waals surface area contributed by atoms with Gasteiger partial charge in [-0.1, -0.05) is 59.8 Å². The molecule has 3 aliphatic carbocycles. The molecule has 0 radical (unpaired) electrons. The van der Waals surface area contributed by atoms with E-state index in [1.54, 1.807) is 25.7 Å². The maximum absolute atomic E-state index is 14.2. The van der Waals surface area contributed by atoms with Gasteiger partial charge in [0, 0.05) is 12.6 Å². The van der Waals surface area contributed by atoms with Crippen LogP contribution >= 0.6 is 0 Å². The van der Waals surface area contributed by atoms with E-state index in [1.807, 2.05) is 27.7 Å². The molecule has 0 aromatic carbocycles. The fourth-order valence-electron chi connectivity index (χ4n) is 7.00. The lowest BCUT2D eigenvalue weighted by Crippen LogP contribution is -2.64. The first kappa shape index (κ1) is 36.6. The zero-order valence-electron chi connectivity index (χ0n) is 29.2. The molecule has 0 bridgehead atoms. The van der Waals surface area contributed by atoms with Crippen molar-refractivity contribution in [1.29, 1.82) is 0 Å². The quantitative estimate of drug-likeness (QED) is 0.222. The number of ketones is 1. The maximum Gasteiger partial charge on any atom is 0.315 e. The predicted molar refractivity (Wildman–Crippen MR) is 179 cm³/mol. The van der Waals surface area contributed by atoms with Crippen LogP contribution in [0.5, 0.6) is 0 Å². The SMILES string of the molecule is CCCCC(NC(=O)C1C2CC2CN1C(=O)C(NC(=O)NC1(CS(=O)(=O)C(C)(C)C)CCCCC1)C(C)(C)C)C(=O)CNC1CC1. The summed E-state index contributed by atoms with van der Waals surface area (Å²) >= 11 is 0. The van der Waals surface area contributed by atoms with Crippen LogP contribution in [-0.2, 0) is 24.2 Å². The number of urea groups is 1. The number of Topliss-reactive ketones (excluding diaryl/α,β-unsaturated/α-hetero) is 1. The van der Waals surface area contributed by atoms with Crippen molar-refractivity contribution in [3.63, 3.8) is 0 Å². The minimum atomic E-state index is -3.52. The summed E-state index contributed by atoms with van der Waals surface area (Å²) in [5.74, 6) is -0.557. The summed E-state index contributed by atoms with van der Waals surface area (Å²) in [6.45, 7) is 13.3. The fourth-order valence-corrected chi connectivity index (χ4v) is 8.52. The van der Waals surface area contributed by atoms with Gasteiger partial charge < -0.3 is 26.2 Å². The summed E-state index contributed by atoms with van der Waals surface area (Å²) in [5, 5.41) is 12.2. The van der Waals surface area contributed by atoms with Gasteiger partial charge in [0.25, 0.3) is 0 Å². The number of rotatable bonds is 14. The van der Waals surface area contributed by atoms with E-state index in [2.05, 4.69) is 21.3 Å². The molecule has 4 rings (SSSR count). The first-order valence-electron chi connectivity index (χ1n) is 17.6. The van der Waals surface area contributed by atoms with E-state index < -0.39 is 49.7 Å². The number of nitrogens with one attached hydrogen (secondary N) is 4. The largest absolute Gasteiger partial charge is 0.344 e. The average molecular weight is 666 g/mol. The minimum Gasteiger partial charge on any atom is -0.344 e. The monoisotopic (exact) mass is 665 g/mol. The van der Waals surface area contributed by atoms with Crippen LogP contribution in [0.2, 0.25) is 0 Å². The Labute approximate surface area is 276 Å². The lowest BCUT2D eigenvalue weighted by molar-refractivity contribution is -0.143. The van der Waals surface area contributed by atoms with Crippen LogP contribution in [0.15, 0.2) is 0 Å². The van der Waals surface area contributed by atoms with Crippen LogP contribution in [0.1, 0.15) is 119 Å². The van der Waals surface area contributed by atoms with E-state index >= 15 is 0 Å².